The number of anilines is 1. The monoisotopic (exact) mass is 261 g/mol. The van der Waals surface area contributed by atoms with Gasteiger partial charge in [-0.15, -0.1) is 0 Å². The summed E-state index contributed by atoms with van der Waals surface area (Å²) in [5.41, 5.74) is 10.0. The summed E-state index contributed by atoms with van der Waals surface area (Å²) in [6, 6.07) is 11.6. The van der Waals surface area contributed by atoms with Gasteiger partial charge in [0.25, 0.3) is 0 Å². The zero-order valence-corrected chi connectivity index (χ0v) is 11.3. The standard InChI is InChI=1S/C15H16ClNO/c1-10-5-11(2)7-12(6-10)9-18-15-4-3-13(16)8-14(15)17/h3-8H,9,17H2,1-2H3. The van der Waals surface area contributed by atoms with E-state index in [1.807, 2.05) is 0 Å². The molecule has 94 valence electrons. The first kappa shape index (κ1) is 12.8. The quantitative estimate of drug-likeness (QED) is 0.844. The van der Waals surface area contributed by atoms with E-state index in [0.29, 0.717) is 23.1 Å². The van der Waals surface area contributed by atoms with Crippen LogP contribution in [-0.4, -0.2) is 0 Å². The van der Waals surface area contributed by atoms with E-state index < -0.39 is 0 Å². The number of nitrogen functional groups attached to an aromatic ring is 1. The number of aryl methyl sites for hydroxylation is 2. The molecule has 0 fully saturated rings. The van der Waals surface area contributed by atoms with Gasteiger partial charge in [-0.05, 0) is 37.6 Å². The number of benzene rings is 2. The Morgan fingerprint density at radius 2 is 1.72 bits per heavy atom. The van der Waals surface area contributed by atoms with E-state index in [0.717, 1.165) is 5.56 Å². The average molecular weight is 262 g/mol. The van der Waals surface area contributed by atoms with Crippen molar-refractivity contribution < 1.29 is 4.74 Å². The fourth-order valence-corrected chi connectivity index (χ4v) is 2.14. The largest absolute Gasteiger partial charge is 0.487 e. The van der Waals surface area contributed by atoms with E-state index in [4.69, 9.17) is 22.1 Å². The molecule has 0 aromatic heterocycles. The molecule has 3 heteroatoms. The SMILES string of the molecule is Cc1cc(C)cc(COc2ccc(Cl)cc2N)c1. The Bertz CT molecular complexity index is 546. The summed E-state index contributed by atoms with van der Waals surface area (Å²) in [5, 5.41) is 0.617. The highest BCUT2D eigenvalue weighted by Gasteiger charge is 2.02. The Balaban J connectivity index is 2.11. The topological polar surface area (TPSA) is 35.2 Å². The Morgan fingerprint density at radius 1 is 1.06 bits per heavy atom. The number of rotatable bonds is 3. The van der Waals surface area contributed by atoms with Crippen molar-refractivity contribution in [3.63, 3.8) is 0 Å². The third-order valence-electron chi connectivity index (χ3n) is 2.65. The zero-order chi connectivity index (χ0) is 13.1. The maximum atomic E-state index is 5.84. The van der Waals surface area contributed by atoms with Gasteiger partial charge >= 0.3 is 0 Å². The van der Waals surface area contributed by atoms with Crippen molar-refractivity contribution in [1.82, 2.24) is 0 Å². The molecule has 0 aliphatic heterocycles. The first-order valence-electron chi connectivity index (χ1n) is 5.79. The highest BCUT2D eigenvalue weighted by molar-refractivity contribution is 6.30. The summed E-state index contributed by atoms with van der Waals surface area (Å²) >= 11 is 5.84. The molecule has 0 aliphatic carbocycles. The van der Waals surface area contributed by atoms with Crippen molar-refractivity contribution in [2.24, 2.45) is 0 Å². The molecule has 0 heterocycles. The average Bonchev–Trinajstić information content (AvgIpc) is 2.26. The number of hydrogen-bond donors (Lipinski definition) is 1. The molecule has 0 unspecified atom stereocenters. The molecule has 2 rings (SSSR count). The van der Waals surface area contributed by atoms with Crippen LogP contribution in [0.5, 0.6) is 5.75 Å². The molecule has 0 aliphatic rings. The lowest BCUT2D eigenvalue weighted by Crippen LogP contribution is -1.99. The van der Waals surface area contributed by atoms with E-state index >= 15 is 0 Å². The van der Waals surface area contributed by atoms with Gasteiger partial charge in [-0.3, -0.25) is 0 Å². The van der Waals surface area contributed by atoms with E-state index in [1.165, 1.54) is 11.1 Å². The van der Waals surface area contributed by atoms with Gasteiger partial charge in [0.2, 0.25) is 0 Å². The van der Waals surface area contributed by atoms with Gasteiger partial charge < -0.3 is 10.5 Å². The van der Waals surface area contributed by atoms with Crippen molar-refractivity contribution in [2.75, 3.05) is 5.73 Å². The normalized spacial score (nSPS) is 10.4. The predicted molar refractivity (Wildman–Crippen MR) is 76.1 cm³/mol. The molecule has 0 radical (unpaired) electrons. The Labute approximate surface area is 112 Å². The van der Waals surface area contributed by atoms with Gasteiger partial charge in [0.05, 0.1) is 5.69 Å². The van der Waals surface area contributed by atoms with Crippen LogP contribution >= 0.6 is 11.6 Å². The molecular formula is C15H16ClNO. The molecule has 18 heavy (non-hydrogen) atoms. The maximum Gasteiger partial charge on any atom is 0.142 e. The van der Waals surface area contributed by atoms with Gasteiger partial charge in [0.1, 0.15) is 12.4 Å². The molecule has 2 N–H and O–H groups in total. The summed E-state index contributed by atoms with van der Waals surface area (Å²) in [6.07, 6.45) is 0. The predicted octanol–water partition coefficient (Wildman–Crippen LogP) is 4.12. The fraction of sp³-hybridized carbons (Fsp3) is 0.200. The summed E-state index contributed by atoms with van der Waals surface area (Å²) in [7, 11) is 0. The second-order valence-electron chi connectivity index (χ2n) is 4.47. The lowest BCUT2D eigenvalue weighted by molar-refractivity contribution is 0.308. The molecule has 2 aromatic carbocycles. The van der Waals surface area contributed by atoms with Gasteiger partial charge in [-0.2, -0.15) is 0 Å². The smallest absolute Gasteiger partial charge is 0.142 e. The molecule has 0 saturated carbocycles. The van der Waals surface area contributed by atoms with Crippen LogP contribution in [0.3, 0.4) is 0 Å². The Hall–Kier alpha value is -1.67. The molecule has 0 bridgehead atoms. The summed E-state index contributed by atoms with van der Waals surface area (Å²) in [5.74, 6) is 0.665. The van der Waals surface area contributed by atoms with Crippen LogP contribution in [0.15, 0.2) is 36.4 Å². The van der Waals surface area contributed by atoms with Crippen LogP contribution in [0, 0.1) is 13.8 Å². The number of nitrogens with two attached hydrogens (primary N) is 1. The highest BCUT2D eigenvalue weighted by Crippen LogP contribution is 2.25. The molecule has 0 spiro atoms. The third-order valence-corrected chi connectivity index (χ3v) is 2.88. The van der Waals surface area contributed by atoms with E-state index in [1.54, 1.807) is 18.2 Å². The van der Waals surface area contributed by atoms with Crippen LogP contribution < -0.4 is 10.5 Å². The Morgan fingerprint density at radius 3 is 2.33 bits per heavy atom. The van der Waals surface area contributed by atoms with Gasteiger partial charge in [0, 0.05) is 5.02 Å². The van der Waals surface area contributed by atoms with E-state index in [2.05, 4.69) is 32.0 Å². The number of ether oxygens (including phenoxy) is 1. The van der Waals surface area contributed by atoms with Crippen molar-refractivity contribution in [3.8, 4) is 5.75 Å². The number of halogens is 1. The number of hydrogen-bond acceptors (Lipinski definition) is 2. The zero-order valence-electron chi connectivity index (χ0n) is 10.5. The van der Waals surface area contributed by atoms with Crippen LogP contribution in [-0.2, 0) is 6.61 Å². The van der Waals surface area contributed by atoms with Crippen molar-refractivity contribution >= 4 is 17.3 Å². The Kier molecular flexibility index (Phi) is 3.78. The minimum atomic E-state index is 0.508. The molecule has 2 nitrogen and oxygen atoms in total. The van der Waals surface area contributed by atoms with Crippen LogP contribution in [0.2, 0.25) is 5.02 Å². The fourth-order valence-electron chi connectivity index (χ4n) is 1.96. The summed E-state index contributed by atoms with van der Waals surface area (Å²) in [6.45, 7) is 4.66. The summed E-state index contributed by atoms with van der Waals surface area (Å²) < 4.78 is 5.70. The lowest BCUT2D eigenvalue weighted by Gasteiger charge is -2.10. The first-order valence-corrected chi connectivity index (χ1v) is 6.17. The van der Waals surface area contributed by atoms with Crippen LogP contribution in [0.25, 0.3) is 0 Å². The van der Waals surface area contributed by atoms with Gasteiger partial charge in [-0.25, -0.2) is 0 Å². The molecule has 0 atom stereocenters. The minimum absolute atomic E-state index is 0.508. The van der Waals surface area contributed by atoms with E-state index in [9.17, 15) is 0 Å². The van der Waals surface area contributed by atoms with Crippen molar-refractivity contribution in [1.29, 1.82) is 0 Å². The van der Waals surface area contributed by atoms with Crippen molar-refractivity contribution in [3.05, 3.63) is 58.1 Å². The van der Waals surface area contributed by atoms with E-state index in [-0.39, 0.29) is 0 Å². The molecular weight excluding hydrogens is 246 g/mol. The molecule has 0 amide bonds. The van der Waals surface area contributed by atoms with Gasteiger partial charge in [-0.1, -0.05) is 40.9 Å². The second kappa shape index (κ2) is 5.32. The second-order valence-corrected chi connectivity index (χ2v) is 4.90. The summed E-state index contributed by atoms with van der Waals surface area (Å²) in [4.78, 5) is 0. The first-order chi connectivity index (χ1) is 8.54. The molecule has 0 saturated heterocycles. The van der Waals surface area contributed by atoms with Crippen LogP contribution in [0.1, 0.15) is 16.7 Å². The minimum Gasteiger partial charge on any atom is -0.487 e. The van der Waals surface area contributed by atoms with Crippen LogP contribution in [0.4, 0.5) is 5.69 Å². The molecule has 2 aromatic rings. The maximum absolute atomic E-state index is 5.84. The highest BCUT2D eigenvalue weighted by atomic mass is 35.5. The van der Waals surface area contributed by atoms with Crippen molar-refractivity contribution in [2.45, 2.75) is 20.5 Å². The lowest BCUT2D eigenvalue weighted by atomic mass is 10.1. The third kappa shape index (κ3) is 3.17. The van der Waals surface area contributed by atoms with Gasteiger partial charge in [0.15, 0.2) is 0 Å².